The van der Waals surface area contributed by atoms with Crippen LogP contribution in [-0.4, -0.2) is 87.3 Å². The molecule has 2 heterocycles. The lowest BCUT2D eigenvalue weighted by molar-refractivity contribution is 0.0353. The lowest BCUT2D eigenvalue weighted by Crippen LogP contribution is -2.45. The van der Waals surface area contributed by atoms with Gasteiger partial charge in [0.05, 0.1) is 13.2 Å². The second-order valence-electron chi connectivity index (χ2n) is 4.95. The largest absolute Gasteiger partial charge is 0.379 e. The minimum Gasteiger partial charge on any atom is -0.379 e. The summed E-state index contributed by atoms with van der Waals surface area (Å²) in [5.74, 6) is 0. The van der Waals surface area contributed by atoms with Crippen molar-refractivity contribution in [2.24, 2.45) is 0 Å². The Bertz CT molecular complexity index is 187. The molecule has 4 nitrogen and oxygen atoms in total. The zero-order valence-corrected chi connectivity index (χ0v) is 12.5. The minimum absolute atomic E-state index is 0.925. The lowest BCUT2D eigenvalue weighted by atomic mass is 10.3. The predicted octanol–water partition coefficient (Wildman–Crippen LogP) is 0.982. The number of likely N-dealkylation sites (N-methyl/N-ethyl adjacent to an activating group) is 1. The number of nitrogens with zero attached hydrogens (tertiary/aromatic N) is 3. The quantitative estimate of drug-likeness (QED) is 0.747. The summed E-state index contributed by atoms with van der Waals surface area (Å²) in [4.78, 5) is 7.54. The molecule has 2 rings (SSSR count). The number of hydrogen-bond acceptors (Lipinski definition) is 4. The molecule has 0 radical (unpaired) electrons. The van der Waals surface area contributed by atoms with Gasteiger partial charge in [0, 0.05) is 39.3 Å². The van der Waals surface area contributed by atoms with E-state index in [4.69, 9.17) is 4.74 Å². The summed E-state index contributed by atoms with van der Waals surface area (Å²) in [5, 5.41) is 0. The maximum atomic E-state index is 5.35. The van der Waals surface area contributed by atoms with Crippen LogP contribution in [0.3, 0.4) is 0 Å². The molecular formula is C14H31N3O. The van der Waals surface area contributed by atoms with Crippen molar-refractivity contribution in [2.75, 3.05) is 72.6 Å². The van der Waals surface area contributed by atoms with Gasteiger partial charge >= 0.3 is 0 Å². The summed E-state index contributed by atoms with van der Waals surface area (Å²) in [6, 6.07) is 0. The molecular weight excluding hydrogens is 226 g/mol. The Labute approximate surface area is 113 Å². The molecule has 0 saturated carbocycles. The van der Waals surface area contributed by atoms with Crippen LogP contribution in [0, 0.1) is 0 Å². The number of rotatable bonds is 4. The van der Waals surface area contributed by atoms with E-state index in [9.17, 15) is 0 Å². The molecule has 0 aromatic carbocycles. The zero-order valence-electron chi connectivity index (χ0n) is 12.5. The van der Waals surface area contributed by atoms with E-state index in [1.165, 1.54) is 45.7 Å². The predicted molar refractivity (Wildman–Crippen MR) is 77.2 cm³/mol. The first-order valence-electron chi connectivity index (χ1n) is 7.55. The third kappa shape index (κ3) is 6.14. The standard InChI is InChI=1S/C12H25N3O.C2H6/c1-13-5-7-14(8-6-13)3-2-4-15-9-11-16-12-10-15;1-2/h2-12H2,1H3;1-2H3. The van der Waals surface area contributed by atoms with Crippen molar-refractivity contribution in [3.8, 4) is 0 Å². The summed E-state index contributed by atoms with van der Waals surface area (Å²) in [7, 11) is 2.21. The number of morpholine rings is 1. The summed E-state index contributed by atoms with van der Waals surface area (Å²) < 4.78 is 5.35. The molecule has 2 aliphatic heterocycles. The molecule has 108 valence electrons. The summed E-state index contributed by atoms with van der Waals surface area (Å²) in [5.41, 5.74) is 0. The van der Waals surface area contributed by atoms with Crippen LogP contribution in [0.15, 0.2) is 0 Å². The average Bonchev–Trinajstić information content (AvgIpc) is 2.44. The molecule has 0 amide bonds. The second kappa shape index (κ2) is 9.73. The maximum Gasteiger partial charge on any atom is 0.0594 e. The lowest BCUT2D eigenvalue weighted by Gasteiger charge is -2.33. The highest BCUT2D eigenvalue weighted by Crippen LogP contribution is 2.02. The molecule has 0 unspecified atom stereocenters. The highest BCUT2D eigenvalue weighted by Gasteiger charge is 2.14. The minimum atomic E-state index is 0.925. The molecule has 0 aromatic rings. The Morgan fingerprint density at radius 3 is 1.83 bits per heavy atom. The fraction of sp³-hybridized carbons (Fsp3) is 1.00. The normalized spacial score (nSPS) is 23.5. The van der Waals surface area contributed by atoms with Gasteiger partial charge in [0.1, 0.15) is 0 Å². The molecule has 0 aliphatic carbocycles. The van der Waals surface area contributed by atoms with E-state index in [1.807, 2.05) is 13.8 Å². The Kier molecular flexibility index (Phi) is 8.59. The van der Waals surface area contributed by atoms with Crippen molar-refractivity contribution < 1.29 is 4.74 Å². The number of ether oxygens (including phenoxy) is 1. The fourth-order valence-corrected chi connectivity index (χ4v) is 2.41. The van der Waals surface area contributed by atoms with Crippen LogP contribution in [0.5, 0.6) is 0 Å². The SMILES string of the molecule is CC.CN1CCN(CCCN2CCOCC2)CC1. The summed E-state index contributed by atoms with van der Waals surface area (Å²) in [6.07, 6.45) is 1.31. The van der Waals surface area contributed by atoms with E-state index in [0.29, 0.717) is 0 Å². The van der Waals surface area contributed by atoms with Crippen LogP contribution in [0.1, 0.15) is 20.3 Å². The molecule has 0 spiro atoms. The van der Waals surface area contributed by atoms with Gasteiger partial charge in [-0.3, -0.25) is 4.90 Å². The number of hydrogen-bond donors (Lipinski definition) is 0. The van der Waals surface area contributed by atoms with Gasteiger partial charge in [-0.25, -0.2) is 0 Å². The molecule has 4 heteroatoms. The Balaban J connectivity index is 0.000000771. The van der Waals surface area contributed by atoms with Crippen molar-refractivity contribution in [2.45, 2.75) is 20.3 Å². The van der Waals surface area contributed by atoms with Gasteiger partial charge in [0.2, 0.25) is 0 Å². The topological polar surface area (TPSA) is 19.0 Å². The van der Waals surface area contributed by atoms with Crippen LogP contribution < -0.4 is 0 Å². The van der Waals surface area contributed by atoms with Crippen molar-refractivity contribution in [1.29, 1.82) is 0 Å². The van der Waals surface area contributed by atoms with Crippen molar-refractivity contribution in [3.63, 3.8) is 0 Å². The zero-order chi connectivity index (χ0) is 13.2. The monoisotopic (exact) mass is 257 g/mol. The first kappa shape index (κ1) is 15.9. The van der Waals surface area contributed by atoms with Crippen LogP contribution in [0.25, 0.3) is 0 Å². The Morgan fingerprint density at radius 1 is 0.778 bits per heavy atom. The molecule has 2 fully saturated rings. The molecule has 0 aromatic heterocycles. The molecule has 0 atom stereocenters. The summed E-state index contributed by atoms with van der Waals surface area (Å²) in [6.45, 7) is 15.6. The second-order valence-corrected chi connectivity index (χ2v) is 4.95. The molecule has 0 N–H and O–H groups in total. The maximum absolute atomic E-state index is 5.35. The first-order chi connectivity index (χ1) is 8.84. The highest BCUT2D eigenvalue weighted by molar-refractivity contribution is 4.70. The van der Waals surface area contributed by atoms with Gasteiger partial charge in [0.25, 0.3) is 0 Å². The van der Waals surface area contributed by atoms with Crippen molar-refractivity contribution in [1.82, 2.24) is 14.7 Å². The van der Waals surface area contributed by atoms with Crippen LogP contribution in [0.2, 0.25) is 0 Å². The Morgan fingerprint density at radius 2 is 1.28 bits per heavy atom. The van der Waals surface area contributed by atoms with Crippen LogP contribution in [0.4, 0.5) is 0 Å². The van der Waals surface area contributed by atoms with Crippen LogP contribution >= 0.6 is 0 Å². The van der Waals surface area contributed by atoms with E-state index < -0.39 is 0 Å². The summed E-state index contributed by atoms with van der Waals surface area (Å²) >= 11 is 0. The molecule has 2 saturated heterocycles. The van der Waals surface area contributed by atoms with Crippen molar-refractivity contribution >= 4 is 0 Å². The van der Waals surface area contributed by atoms with E-state index in [-0.39, 0.29) is 0 Å². The third-order valence-electron chi connectivity index (χ3n) is 3.65. The molecule has 18 heavy (non-hydrogen) atoms. The van der Waals surface area contributed by atoms with Crippen LogP contribution in [-0.2, 0) is 4.74 Å². The van der Waals surface area contributed by atoms with E-state index in [2.05, 4.69) is 21.7 Å². The van der Waals surface area contributed by atoms with Gasteiger partial charge in [-0.2, -0.15) is 0 Å². The van der Waals surface area contributed by atoms with E-state index in [0.717, 1.165) is 26.3 Å². The average molecular weight is 257 g/mol. The number of piperazine rings is 1. The van der Waals surface area contributed by atoms with Gasteiger partial charge in [-0.1, -0.05) is 13.8 Å². The Hall–Kier alpha value is -0.160. The van der Waals surface area contributed by atoms with E-state index >= 15 is 0 Å². The fourth-order valence-electron chi connectivity index (χ4n) is 2.41. The highest BCUT2D eigenvalue weighted by atomic mass is 16.5. The smallest absolute Gasteiger partial charge is 0.0594 e. The van der Waals surface area contributed by atoms with Gasteiger partial charge in [0.15, 0.2) is 0 Å². The van der Waals surface area contributed by atoms with Crippen molar-refractivity contribution in [3.05, 3.63) is 0 Å². The molecule has 0 bridgehead atoms. The third-order valence-corrected chi connectivity index (χ3v) is 3.65. The van der Waals surface area contributed by atoms with Gasteiger partial charge in [-0.15, -0.1) is 0 Å². The van der Waals surface area contributed by atoms with Gasteiger partial charge in [-0.05, 0) is 26.6 Å². The first-order valence-corrected chi connectivity index (χ1v) is 7.55. The van der Waals surface area contributed by atoms with E-state index in [1.54, 1.807) is 0 Å². The molecule has 2 aliphatic rings. The van der Waals surface area contributed by atoms with Gasteiger partial charge < -0.3 is 14.5 Å².